The van der Waals surface area contributed by atoms with Crippen molar-refractivity contribution in [3.63, 3.8) is 0 Å². The predicted molar refractivity (Wildman–Crippen MR) is 110 cm³/mol. The third-order valence-electron chi connectivity index (χ3n) is 6.14. The fraction of sp³-hybridized carbons (Fsp3) is 0.667. The average molecular weight is 393 g/mol. The van der Waals surface area contributed by atoms with Gasteiger partial charge in [-0.2, -0.15) is 0 Å². The lowest BCUT2D eigenvalue weighted by molar-refractivity contribution is 0.178. The van der Waals surface area contributed by atoms with Crippen LogP contribution in [0.15, 0.2) is 27.4 Å². The zero-order valence-electron chi connectivity index (χ0n) is 15.6. The Bertz CT molecular complexity index is 720. The van der Waals surface area contributed by atoms with Crippen LogP contribution in [0.3, 0.4) is 0 Å². The van der Waals surface area contributed by atoms with Gasteiger partial charge in [-0.25, -0.2) is 4.79 Å². The van der Waals surface area contributed by atoms with Crippen molar-refractivity contribution in [2.24, 2.45) is 17.8 Å². The average Bonchev–Trinajstić information content (AvgIpc) is 2.68. The fourth-order valence-electron chi connectivity index (χ4n) is 4.87. The summed E-state index contributed by atoms with van der Waals surface area (Å²) < 4.78 is 11.8. The van der Waals surface area contributed by atoms with Crippen LogP contribution >= 0.6 is 23.5 Å². The van der Waals surface area contributed by atoms with Gasteiger partial charge in [0, 0.05) is 12.0 Å². The van der Waals surface area contributed by atoms with Crippen molar-refractivity contribution in [1.29, 1.82) is 0 Å². The molecule has 2 heterocycles. The molecular formula is C21H28O3S2. The number of methoxy groups -OCH3 is 1. The summed E-state index contributed by atoms with van der Waals surface area (Å²) in [6, 6.07) is 2.03. The van der Waals surface area contributed by atoms with Crippen LogP contribution in [0.25, 0.3) is 0 Å². The second-order valence-electron chi connectivity index (χ2n) is 7.73. The van der Waals surface area contributed by atoms with Crippen molar-refractivity contribution < 1.29 is 9.15 Å². The molecule has 142 valence electrons. The van der Waals surface area contributed by atoms with Gasteiger partial charge in [-0.3, -0.25) is 0 Å². The second kappa shape index (κ2) is 8.05. The van der Waals surface area contributed by atoms with Crippen LogP contribution in [-0.2, 0) is 0 Å². The van der Waals surface area contributed by atoms with Gasteiger partial charge in [0.1, 0.15) is 17.1 Å². The van der Waals surface area contributed by atoms with Gasteiger partial charge in [0.15, 0.2) is 0 Å². The number of fused-ring (bicyclic) bond motifs is 1. The zero-order valence-corrected chi connectivity index (χ0v) is 17.2. The minimum atomic E-state index is -0.194. The van der Waals surface area contributed by atoms with Crippen molar-refractivity contribution in [3.8, 4) is 5.75 Å². The van der Waals surface area contributed by atoms with Gasteiger partial charge in [-0.15, -0.1) is 23.5 Å². The number of allylic oxidation sites excluding steroid dienone is 2. The minimum Gasteiger partial charge on any atom is -0.496 e. The van der Waals surface area contributed by atoms with E-state index in [0.717, 1.165) is 23.0 Å². The van der Waals surface area contributed by atoms with Crippen LogP contribution in [0.4, 0.5) is 0 Å². The summed E-state index contributed by atoms with van der Waals surface area (Å²) in [5.41, 5.74) is 0.519. The molecule has 1 aromatic heterocycles. The summed E-state index contributed by atoms with van der Waals surface area (Å²) in [5.74, 6) is 5.63. The molecule has 0 amide bonds. The highest BCUT2D eigenvalue weighted by Gasteiger charge is 2.39. The van der Waals surface area contributed by atoms with Gasteiger partial charge in [-0.05, 0) is 48.5 Å². The molecule has 1 saturated heterocycles. The summed E-state index contributed by atoms with van der Waals surface area (Å²) in [6.45, 7) is 2.25. The van der Waals surface area contributed by atoms with Crippen molar-refractivity contribution in [2.45, 2.75) is 49.5 Å². The Morgan fingerprint density at radius 1 is 1.12 bits per heavy atom. The zero-order chi connectivity index (χ0) is 18.1. The maximum absolute atomic E-state index is 12.9. The predicted octanol–water partition coefficient (Wildman–Crippen LogP) is 5.61. The van der Waals surface area contributed by atoms with Gasteiger partial charge < -0.3 is 9.15 Å². The Morgan fingerprint density at radius 3 is 2.65 bits per heavy atom. The summed E-state index contributed by atoms with van der Waals surface area (Å²) in [5, 5.41) is 0. The molecule has 2 unspecified atom stereocenters. The van der Waals surface area contributed by atoms with Gasteiger partial charge >= 0.3 is 5.63 Å². The van der Waals surface area contributed by atoms with E-state index in [9.17, 15) is 4.79 Å². The SMILES string of the molecule is COc1cc([C@@H]2C(C)C=CC3CCCC[C@H]32)oc(=O)c1C1SCCCS1. The first kappa shape index (κ1) is 18.5. The molecule has 0 N–H and O–H groups in total. The molecule has 1 aliphatic heterocycles. The molecule has 0 spiro atoms. The van der Waals surface area contributed by atoms with E-state index in [0.29, 0.717) is 23.3 Å². The highest BCUT2D eigenvalue weighted by molar-refractivity contribution is 8.16. The molecule has 3 nitrogen and oxygen atoms in total. The minimum absolute atomic E-state index is 0.134. The Hall–Kier alpha value is -0.810. The first-order chi connectivity index (χ1) is 12.7. The largest absolute Gasteiger partial charge is 0.496 e. The van der Waals surface area contributed by atoms with E-state index in [4.69, 9.17) is 9.15 Å². The Kier molecular flexibility index (Phi) is 5.75. The van der Waals surface area contributed by atoms with E-state index in [1.165, 1.54) is 32.1 Å². The van der Waals surface area contributed by atoms with Crippen molar-refractivity contribution in [3.05, 3.63) is 40.0 Å². The fourth-order valence-corrected chi connectivity index (χ4v) is 7.82. The normalized spacial score (nSPS) is 32.2. The molecule has 4 atom stereocenters. The molecule has 2 aliphatic carbocycles. The number of hydrogen-bond acceptors (Lipinski definition) is 5. The van der Waals surface area contributed by atoms with E-state index >= 15 is 0 Å². The van der Waals surface area contributed by atoms with Gasteiger partial charge in [0.25, 0.3) is 0 Å². The molecular weight excluding hydrogens is 364 g/mol. The standard InChI is InChI=1S/C21H28O3S2/c1-13-8-9-14-6-3-4-7-15(14)18(13)17-12-16(23-2)19(20(22)24-17)21-25-10-5-11-26-21/h8-9,12-15,18,21H,3-7,10-11H2,1-2H3/t13?,14?,15-,18-/m1/s1. The smallest absolute Gasteiger partial charge is 0.344 e. The number of hydrogen-bond donors (Lipinski definition) is 0. The molecule has 1 saturated carbocycles. The van der Waals surface area contributed by atoms with Gasteiger partial charge in [0.05, 0.1) is 11.7 Å². The van der Waals surface area contributed by atoms with Crippen LogP contribution in [0, 0.1) is 17.8 Å². The summed E-state index contributed by atoms with van der Waals surface area (Å²) >= 11 is 3.66. The molecule has 0 radical (unpaired) electrons. The first-order valence-electron chi connectivity index (χ1n) is 9.82. The highest BCUT2D eigenvalue weighted by atomic mass is 32.2. The number of thioether (sulfide) groups is 2. The van der Waals surface area contributed by atoms with Crippen molar-refractivity contribution >= 4 is 23.5 Å². The highest BCUT2D eigenvalue weighted by Crippen LogP contribution is 2.50. The maximum atomic E-state index is 12.9. The van der Waals surface area contributed by atoms with Crippen molar-refractivity contribution in [1.82, 2.24) is 0 Å². The molecule has 5 heteroatoms. The quantitative estimate of drug-likeness (QED) is 0.625. The van der Waals surface area contributed by atoms with Crippen LogP contribution in [0.5, 0.6) is 5.75 Å². The third-order valence-corrected chi connectivity index (χ3v) is 9.09. The molecule has 4 rings (SSSR count). The summed E-state index contributed by atoms with van der Waals surface area (Å²) in [4.78, 5) is 12.9. The molecule has 0 bridgehead atoms. The molecule has 3 aliphatic rings. The summed E-state index contributed by atoms with van der Waals surface area (Å²) in [7, 11) is 1.67. The Balaban J connectivity index is 1.71. The summed E-state index contributed by atoms with van der Waals surface area (Å²) in [6.07, 6.45) is 11.0. The van der Waals surface area contributed by atoms with E-state index < -0.39 is 0 Å². The topological polar surface area (TPSA) is 39.4 Å². The number of ether oxygens (including phenoxy) is 1. The van der Waals surface area contributed by atoms with E-state index in [1.54, 1.807) is 7.11 Å². The third kappa shape index (κ3) is 3.49. The molecule has 2 fully saturated rings. The first-order valence-corrected chi connectivity index (χ1v) is 11.9. The maximum Gasteiger partial charge on any atom is 0.344 e. The van der Waals surface area contributed by atoms with E-state index in [1.807, 2.05) is 29.6 Å². The second-order valence-corrected chi connectivity index (χ2v) is 10.5. The van der Waals surface area contributed by atoms with Crippen molar-refractivity contribution in [2.75, 3.05) is 18.6 Å². The monoisotopic (exact) mass is 392 g/mol. The van der Waals surface area contributed by atoms with E-state index in [-0.39, 0.29) is 16.1 Å². The lowest BCUT2D eigenvalue weighted by atomic mass is 9.64. The molecule has 0 aromatic carbocycles. The van der Waals surface area contributed by atoms with Crippen LogP contribution in [0.2, 0.25) is 0 Å². The lowest BCUT2D eigenvalue weighted by Gasteiger charge is -2.40. The Labute approximate surface area is 164 Å². The Morgan fingerprint density at radius 2 is 1.88 bits per heavy atom. The molecule has 1 aromatic rings. The van der Waals surface area contributed by atoms with Gasteiger partial charge in [-0.1, -0.05) is 31.9 Å². The van der Waals surface area contributed by atoms with Gasteiger partial charge in [0.2, 0.25) is 0 Å². The number of rotatable bonds is 3. The lowest BCUT2D eigenvalue weighted by Crippen LogP contribution is -2.32. The van der Waals surface area contributed by atoms with E-state index in [2.05, 4.69) is 19.1 Å². The van der Waals surface area contributed by atoms with Crippen LogP contribution < -0.4 is 10.4 Å². The van der Waals surface area contributed by atoms with Crippen LogP contribution in [-0.4, -0.2) is 18.6 Å². The molecule has 26 heavy (non-hydrogen) atoms. The van der Waals surface area contributed by atoms with Crippen LogP contribution in [0.1, 0.15) is 60.9 Å².